The molecule has 0 bridgehead atoms. The maximum absolute atomic E-state index is 9.24. The van der Waals surface area contributed by atoms with Crippen LogP contribution >= 0.6 is 0 Å². The number of fused-ring (bicyclic) bond motifs is 1. The summed E-state index contributed by atoms with van der Waals surface area (Å²) < 4.78 is 2.03. The van der Waals surface area contributed by atoms with Crippen molar-refractivity contribution in [2.24, 2.45) is 5.92 Å². The van der Waals surface area contributed by atoms with Crippen molar-refractivity contribution in [2.75, 3.05) is 12.3 Å². The lowest BCUT2D eigenvalue weighted by Gasteiger charge is -2.24. The van der Waals surface area contributed by atoms with Gasteiger partial charge in [-0.1, -0.05) is 26.0 Å². The molecule has 0 saturated carbocycles. The van der Waals surface area contributed by atoms with Gasteiger partial charge in [-0.15, -0.1) is 0 Å². The lowest BCUT2D eigenvalue weighted by atomic mass is 9.92. The number of nitrogens with two attached hydrogens (primary N) is 1. The molecule has 3 N–H and O–H groups in total. The van der Waals surface area contributed by atoms with Crippen LogP contribution < -0.4 is 5.73 Å². The van der Waals surface area contributed by atoms with Crippen LogP contribution in [0.3, 0.4) is 0 Å². The van der Waals surface area contributed by atoms with Gasteiger partial charge in [0.15, 0.2) is 11.5 Å². The molecule has 2 aromatic heterocycles. The highest BCUT2D eigenvalue weighted by Gasteiger charge is 2.21. The van der Waals surface area contributed by atoms with Gasteiger partial charge in [0.1, 0.15) is 11.8 Å². The molecule has 2 unspecified atom stereocenters. The lowest BCUT2D eigenvalue weighted by Crippen LogP contribution is -2.17. The Labute approximate surface area is 118 Å². The molecule has 0 radical (unpaired) electrons. The van der Waals surface area contributed by atoms with Crippen molar-refractivity contribution in [1.82, 2.24) is 19.5 Å². The molecule has 0 amide bonds. The Morgan fingerprint density at radius 1 is 1.35 bits per heavy atom. The van der Waals surface area contributed by atoms with E-state index in [0.717, 1.165) is 18.5 Å². The summed E-state index contributed by atoms with van der Waals surface area (Å²) in [6.45, 7) is 4.18. The standard InChI is InChI=1S/C12H15N5O.C2H6/c13-11-10-12(15-6-14-11)17(7-16-10)9-3-1-2-8(4-9)5-18;1-2/h1-2,6-9,18H,3-5H2,(H2,13,14,15);1-2H3. The zero-order valence-electron chi connectivity index (χ0n) is 11.9. The topological polar surface area (TPSA) is 89.9 Å². The van der Waals surface area contributed by atoms with Gasteiger partial charge in [-0.2, -0.15) is 0 Å². The Kier molecular flexibility index (Phi) is 4.68. The van der Waals surface area contributed by atoms with Crippen molar-refractivity contribution in [3.05, 3.63) is 24.8 Å². The summed E-state index contributed by atoms with van der Waals surface area (Å²) in [5.41, 5.74) is 7.18. The number of rotatable bonds is 2. The van der Waals surface area contributed by atoms with Gasteiger partial charge in [-0.05, 0) is 12.8 Å². The van der Waals surface area contributed by atoms with E-state index in [2.05, 4.69) is 27.1 Å². The first-order valence-corrected chi connectivity index (χ1v) is 7.00. The summed E-state index contributed by atoms with van der Waals surface area (Å²) in [5.74, 6) is 0.615. The predicted octanol–water partition coefficient (Wildman–Crippen LogP) is 1.93. The highest BCUT2D eigenvalue weighted by molar-refractivity contribution is 5.81. The lowest BCUT2D eigenvalue weighted by molar-refractivity contribution is 0.224. The average molecular weight is 275 g/mol. The molecule has 1 aliphatic carbocycles. The van der Waals surface area contributed by atoms with Gasteiger partial charge in [0.05, 0.1) is 6.33 Å². The molecule has 20 heavy (non-hydrogen) atoms. The van der Waals surface area contributed by atoms with Crippen LogP contribution in [0.2, 0.25) is 0 Å². The summed E-state index contributed by atoms with van der Waals surface area (Å²) in [7, 11) is 0. The second-order valence-corrected chi connectivity index (χ2v) is 4.58. The SMILES string of the molecule is CC.Nc1ncnc2c1ncn2C1CC=CC(CO)C1. The van der Waals surface area contributed by atoms with Crippen molar-refractivity contribution in [1.29, 1.82) is 0 Å². The zero-order chi connectivity index (χ0) is 14.5. The molecule has 0 fully saturated rings. The van der Waals surface area contributed by atoms with Crippen LogP contribution in [0.1, 0.15) is 32.7 Å². The molecule has 2 atom stereocenters. The van der Waals surface area contributed by atoms with Crippen LogP contribution in [0.15, 0.2) is 24.8 Å². The zero-order valence-corrected chi connectivity index (χ0v) is 11.9. The molecule has 108 valence electrons. The number of aliphatic hydroxyl groups is 1. The summed E-state index contributed by atoms with van der Waals surface area (Å²) in [5, 5.41) is 9.24. The second kappa shape index (κ2) is 6.47. The monoisotopic (exact) mass is 275 g/mol. The average Bonchev–Trinajstić information content (AvgIpc) is 2.95. The smallest absolute Gasteiger partial charge is 0.165 e. The number of anilines is 1. The van der Waals surface area contributed by atoms with Crippen molar-refractivity contribution in [3.8, 4) is 0 Å². The number of aromatic nitrogens is 4. The summed E-state index contributed by atoms with van der Waals surface area (Å²) in [6.07, 6.45) is 9.20. The Bertz CT molecular complexity index is 592. The van der Waals surface area contributed by atoms with Crippen molar-refractivity contribution in [2.45, 2.75) is 32.7 Å². The fraction of sp³-hybridized carbons (Fsp3) is 0.500. The third-order valence-corrected chi connectivity index (χ3v) is 3.41. The Morgan fingerprint density at radius 3 is 2.90 bits per heavy atom. The van der Waals surface area contributed by atoms with E-state index in [-0.39, 0.29) is 18.6 Å². The quantitative estimate of drug-likeness (QED) is 0.817. The summed E-state index contributed by atoms with van der Waals surface area (Å²) >= 11 is 0. The van der Waals surface area contributed by atoms with Crippen LogP contribution in [-0.4, -0.2) is 31.2 Å². The second-order valence-electron chi connectivity index (χ2n) is 4.58. The number of aliphatic hydroxyl groups excluding tert-OH is 1. The maximum Gasteiger partial charge on any atom is 0.165 e. The first-order chi connectivity index (χ1) is 9.79. The van der Waals surface area contributed by atoms with Gasteiger partial charge in [0.2, 0.25) is 0 Å². The normalized spacial score (nSPS) is 21.6. The van der Waals surface area contributed by atoms with Gasteiger partial charge in [0.25, 0.3) is 0 Å². The third-order valence-electron chi connectivity index (χ3n) is 3.41. The van der Waals surface area contributed by atoms with E-state index in [9.17, 15) is 5.11 Å². The molecular formula is C14H21N5O. The van der Waals surface area contributed by atoms with Gasteiger partial charge in [-0.3, -0.25) is 0 Å². The van der Waals surface area contributed by atoms with Gasteiger partial charge >= 0.3 is 0 Å². The molecule has 2 aromatic rings. The first-order valence-electron chi connectivity index (χ1n) is 7.00. The molecular weight excluding hydrogens is 254 g/mol. The first kappa shape index (κ1) is 14.5. The third kappa shape index (κ3) is 2.65. The number of allylic oxidation sites excluding steroid dienone is 1. The van der Waals surface area contributed by atoms with E-state index in [1.807, 2.05) is 18.4 Å². The molecule has 2 heterocycles. The fourth-order valence-electron chi connectivity index (χ4n) is 2.45. The Balaban J connectivity index is 0.000000704. The van der Waals surface area contributed by atoms with Gasteiger partial charge in [-0.25, -0.2) is 15.0 Å². The van der Waals surface area contributed by atoms with Crippen molar-refractivity contribution >= 4 is 17.0 Å². The molecule has 0 saturated heterocycles. The molecule has 0 aliphatic heterocycles. The van der Waals surface area contributed by atoms with Crippen LogP contribution in [0.4, 0.5) is 5.82 Å². The minimum absolute atomic E-state index is 0.177. The minimum Gasteiger partial charge on any atom is -0.396 e. The van der Waals surface area contributed by atoms with Crippen LogP contribution in [0.5, 0.6) is 0 Å². The molecule has 0 aromatic carbocycles. The molecule has 3 rings (SSSR count). The van der Waals surface area contributed by atoms with E-state index in [1.165, 1.54) is 6.33 Å². The van der Waals surface area contributed by atoms with E-state index in [4.69, 9.17) is 5.73 Å². The Morgan fingerprint density at radius 2 is 2.15 bits per heavy atom. The summed E-state index contributed by atoms with van der Waals surface area (Å²) in [6, 6.07) is 0.270. The number of hydrogen-bond donors (Lipinski definition) is 2. The van der Waals surface area contributed by atoms with Crippen molar-refractivity contribution in [3.63, 3.8) is 0 Å². The Hall–Kier alpha value is -1.95. The minimum atomic E-state index is 0.177. The van der Waals surface area contributed by atoms with Crippen LogP contribution in [0.25, 0.3) is 11.2 Å². The fourth-order valence-corrected chi connectivity index (χ4v) is 2.45. The van der Waals surface area contributed by atoms with Crippen LogP contribution in [0, 0.1) is 5.92 Å². The molecule has 1 aliphatic rings. The van der Waals surface area contributed by atoms with E-state index >= 15 is 0 Å². The highest BCUT2D eigenvalue weighted by atomic mass is 16.3. The molecule has 0 spiro atoms. The van der Waals surface area contributed by atoms with E-state index in [0.29, 0.717) is 11.3 Å². The predicted molar refractivity (Wildman–Crippen MR) is 79.1 cm³/mol. The number of hydrogen-bond acceptors (Lipinski definition) is 5. The molecule has 6 heteroatoms. The largest absolute Gasteiger partial charge is 0.396 e. The van der Waals surface area contributed by atoms with Gasteiger partial charge < -0.3 is 15.4 Å². The van der Waals surface area contributed by atoms with Crippen molar-refractivity contribution < 1.29 is 5.11 Å². The maximum atomic E-state index is 9.24. The number of nitrogens with zero attached hydrogens (tertiary/aromatic N) is 4. The highest BCUT2D eigenvalue weighted by Crippen LogP contribution is 2.30. The van der Waals surface area contributed by atoms with E-state index < -0.39 is 0 Å². The summed E-state index contributed by atoms with van der Waals surface area (Å²) in [4.78, 5) is 12.5. The van der Waals surface area contributed by atoms with Gasteiger partial charge in [0, 0.05) is 18.6 Å². The van der Waals surface area contributed by atoms with E-state index in [1.54, 1.807) is 6.33 Å². The van der Waals surface area contributed by atoms with Crippen LogP contribution in [-0.2, 0) is 0 Å². The number of imidazole rings is 1. The number of nitrogen functional groups attached to an aromatic ring is 1. The molecule has 6 nitrogen and oxygen atoms in total.